The number of nitrogens with two attached hydrogens (primary N) is 1. The molecular weight excluding hydrogens is 460 g/mol. The molecule has 11 nitrogen and oxygen atoms in total. The van der Waals surface area contributed by atoms with E-state index in [1.165, 1.54) is 12.8 Å². The summed E-state index contributed by atoms with van der Waals surface area (Å²) in [6.45, 7) is 14.4. The first kappa shape index (κ1) is 27.1. The number of fused-ring (bicyclic) bond motifs is 1. The number of nitrogens with zero attached hydrogens (tertiary/aromatic N) is 7. The molecule has 0 saturated carbocycles. The van der Waals surface area contributed by atoms with Gasteiger partial charge >= 0.3 is 0 Å². The fourth-order valence-electron chi connectivity index (χ4n) is 4.02. The molecule has 1 fully saturated rings. The van der Waals surface area contributed by atoms with Crippen LogP contribution in [0.1, 0.15) is 65.3 Å². The summed E-state index contributed by atoms with van der Waals surface area (Å²) in [5.74, 6) is 6.66. The van der Waals surface area contributed by atoms with Crippen molar-refractivity contribution in [3.63, 3.8) is 0 Å². The van der Waals surface area contributed by atoms with Gasteiger partial charge in [-0.1, -0.05) is 24.9 Å². The van der Waals surface area contributed by atoms with Crippen molar-refractivity contribution in [1.82, 2.24) is 20.2 Å². The summed E-state index contributed by atoms with van der Waals surface area (Å²) < 4.78 is 11.0. The summed E-state index contributed by atoms with van der Waals surface area (Å²) >= 11 is 0. The molecule has 0 unspecified atom stereocenters. The van der Waals surface area contributed by atoms with Crippen molar-refractivity contribution in [2.45, 2.75) is 59.4 Å². The van der Waals surface area contributed by atoms with Crippen LogP contribution in [0.5, 0.6) is 5.75 Å². The maximum absolute atomic E-state index is 11.1. The molecule has 0 amide bonds. The van der Waals surface area contributed by atoms with Gasteiger partial charge in [-0.15, -0.1) is 4.91 Å². The van der Waals surface area contributed by atoms with Crippen molar-refractivity contribution < 1.29 is 9.37 Å². The Kier molecular flexibility index (Phi) is 9.36. The van der Waals surface area contributed by atoms with Gasteiger partial charge in [0, 0.05) is 13.1 Å². The number of likely N-dealkylation sites (N-methyl/N-ethyl adjacent to an activating group) is 1. The van der Waals surface area contributed by atoms with Crippen molar-refractivity contribution >= 4 is 22.9 Å². The topological polar surface area (TPSA) is 135 Å². The van der Waals surface area contributed by atoms with Crippen LogP contribution >= 0.6 is 0 Å². The predicted molar refractivity (Wildman–Crippen MR) is 141 cm³/mol. The van der Waals surface area contributed by atoms with E-state index in [1.54, 1.807) is 20.0 Å². The van der Waals surface area contributed by atoms with Crippen LogP contribution in [-0.4, -0.2) is 70.8 Å². The second-order valence-corrected chi connectivity index (χ2v) is 8.89. The minimum atomic E-state index is -1.05. The van der Waals surface area contributed by atoms with E-state index in [0.717, 1.165) is 31.7 Å². The molecule has 0 bridgehead atoms. The number of anilines is 2. The number of hydrogen-bond acceptors (Lipinski definition) is 11. The van der Waals surface area contributed by atoms with Gasteiger partial charge in [-0.05, 0) is 69.4 Å². The smallest absolute Gasteiger partial charge is 0.197 e. The molecule has 1 saturated heterocycles. The van der Waals surface area contributed by atoms with Crippen molar-refractivity contribution in [1.29, 1.82) is 0 Å². The summed E-state index contributed by atoms with van der Waals surface area (Å²) in [6.07, 6.45) is 5.15. The maximum Gasteiger partial charge on any atom is 0.197 e. The summed E-state index contributed by atoms with van der Waals surface area (Å²) in [4.78, 5) is 25.0. The highest BCUT2D eigenvalue weighted by atomic mass is 16.6. The molecule has 0 radical (unpaired) electrons. The summed E-state index contributed by atoms with van der Waals surface area (Å²) in [5, 5.41) is 10.7. The Balaban J connectivity index is 0.00000176. The third-order valence-electron chi connectivity index (χ3n) is 5.86. The number of rotatable bonds is 8. The van der Waals surface area contributed by atoms with E-state index in [2.05, 4.69) is 42.1 Å². The van der Waals surface area contributed by atoms with Crippen LogP contribution in [0.25, 0.3) is 0 Å². The monoisotopic (exact) mass is 496 g/mol. The highest BCUT2D eigenvalue weighted by Crippen LogP contribution is 2.42. The molecule has 2 N–H and O–H groups in total. The van der Waals surface area contributed by atoms with Crippen molar-refractivity contribution in [3.05, 3.63) is 22.5 Å². The van der Waals surface area contributed by atoms with E-state index in [4.69, 9.17) is 20.1 Å². The number of nitrogen functional groups attached to an aromatic ring is 1. The number of nitroso groups, excluding NO2 is 1. The van der Waals surface area contributed by atoms with Crippen molar-refractivity contribution in [2.24, 2.45) is 10.2 Å². The highest BCUT2D eigenvalue weighted by molar-refractivity contribution is 6.09. The van der Waals surface area contributed by atoms with Crippen molar-refractivity contribution in [2.75, 3.05) is 50.0 Å². The first-order valence-electron chi connectivity index (χ1n) is 12.6. The largest absolute Gasteiger partial charge is 0.490 e. The van der Waals surface area contributed by atoms with Crippen LogP contribution in [0.3, 0.4) is 0 Å². The van der Waals surface area contributed by atoms with Gasteiger partial charge in [0.05, 0.1) is 25.1 Å². The molecule has 0 atom stereocenters. The molecule has 0 aliphatic carbocycles. The lowest BCUT2D eigenvalue weighted by Crippen LogP contribution is -2.34. The highest BCUT2D eigenvalue weighted by Gasteiger charge is 2.29. The molecule has 4 rings (SSSR count). The Bertz CT molecular complexity index is 1130. The number of ether oxygens (including phenoxy) is 1. The van der Waals surface area contributed by atoms with E-state index in [9.17, 15) is 4.91 Å². The van der Waals surface area contributed by atoms with Crippen LogP contribution in [0.2, 0.25) is 0 Å². The summed E-state index contributed by atoms with van der Waals surface area (Å²) in [7, 11) is 0. The van der Waals surface area contributed by atoms with Gasteiger partial charge in [-0.3, -0.25) is 0 Å². The van der Waals surface area contributed by atoms with E-state index in [0.29, 0.717) is 48.2 Å². The molecule has 0 spiro atoms. The first-order valence-corrected chi connectivity index (χ1v) is 12.6. The zero-order chi connectivity index (χ0) is 26.1. The number of hydrogen-bond donors (Lipinski definition) is 1. The SMILES string of the molecule is CC.CCN1CC(c2nonc2N)=Nc2c(C#CC(C)(C)N=O)ncc(OCCCN3CCCC3)c21. The molecule has 36 heavy (non-hydrogen) atoms. The number of likely N-dealkylation sites (tertiary alicyclic amines) is 1. The normalized spacial score (nSPS) is 15.2. The zero-order valence-electron chi connectivity index (χ0n) is 21.9. The lowest BCUT2D eigenvalue weighted by atomic mass is 10.1. The Morgan fingerprint density at radius 2 is 2.00 bits per heavy atom. The predicted octanol–water partition coefficient (Wildman–Crippen LogP) is 3.79. The minimum Gasteiger partial charge on any atom is -0.490 e. The molecule has 2 aliphatic heterocycles. The van der Waals surface area contributed by atoms with Gasteiger partial charge in [0.2, 0.25) is 0 Å². The average Bonchev–Trinajstić information content (AvgIpc) is 3.58. The second-order valence-electron chi connectivity index (χ2n) is 8.89. The molecule has 2 aromatic heterocycles. The Morgan fingerprint density at radius 3 is 2.64 bits per heavy atom. The summed E-state index contributed by atoms with van der Waals surface area (Å²) in [5.41, 5.74) is 7.62. The average molecular weight is 497 g/mol. The van der Waals surface area contributed by atoms with Gasteiger partial charge < -0.3 is 20.3 Å². The lowest BCUT2D eigenvalue weighted by Gasteiger charge is -2.30. The van der Waals surface area contributed by atoms with Crippen LogP contribution in [0.15, 0.2) is 21.0 Å². The third kappa shape index (κ3) is 6.37. The molecular formula is C25H36N8O3. The van der Waals surface area contributed by atoms with E-state index < -0.39 is 5.54 Å². The standard InChI is InChI=1S/C23H30N8O3.C2H6/c1-4-31-15-17(20-22(24)28-34-27-20)26-19-16(8-9-23(2,3)29-32)25-14-18(21(19)31)33-13-7-12-30-10-5-6-11-30;1-2/h14H,4-7,10-13,15H2,1-3H3,(H2,24,28);1-2H3. The molecule has 11 heteroatoms. The number of aliphatic imine (C=N–C) groups is 1. The van der Waals surface area contributed by atoms with E-state index in [1.807, 2.05) is 20.8 Å². The Morgan fingerprint density at radius 1 is 1.25 bits per heavy atom. The van der Waals surface area contributed by atoms with Gasteiger partial charge in [0.1, 0.15) is 17.1 Å². The fraction of sp³-hybridized carbons (Fsp3) is 0.600. The van der Waals surface area contributed by atoms with Crippen molar-refractivity contribution in [3.8, 4) is 17.6 Å². The first-order chi connectivity index (χ1) is 17.4. The van der Waals surface area contributed by atoms with Crippen LogP contribution in [0, 0.1) is 16.7 Å². The van der Waals surface area contributed by atoms with E-state index in [-0.39, 0.29) is 5.82 Å². The third-order valence-corrected chi connectivity index (χ3v) is 5.86. The van der Waals surface area contributed by atoms with Crippen LogP contribution < -0.4 is 15.4 Å². The minimum absolute atomic E-state index is 0.166. The number of pyridine rings is 1. The van der Waals surface area contributed by atoms with Gasteiger partial charge in [-0.25, -0.2) is 14.6 Å². The van der Waals surface area contributed by atoms with Crippen LogP contribution in [0.4, 0.5) is 17.2 Å². The second kappa shape index (κ2) is 12.4. The lowest BCUT2D eigenvalue weighted by molar-refractivity contribution is 0.263. The zero-order valence-corrected chi connectivity index (χ0v) is 21.9. The molecule has 2 aliphatic rings. The maximum atomic E-state index is 11.1. The van der Waals surface area contributed by atoms with Gasteiger partial charge in [0.25, 0.3) is 0 Å². The Labute approximate surface area is 212 Å². The molecule has 0 aromatic carbocycles. The molecule has 194 valence electrons. The van der Waals surface area contributed by atoms with Gasteiger partial charge in [-0.2, -0.15) is 0 Å². The van der Waals surface area contributed by atoms with Crippen LogP contribution in [-0.2, 0) is 0 Å². The summed E-state index contributed by atoms with van der Waals surface area (Å²) in [6, 6.07) is 0. The van der Waals surface area contributed by atoms with Gasteiger partial charge in [0.15, 0.2) is 22.8 Å². The molecule has 2 aromatic rings. The number of aromatic nitrogens is 3. The van der Waals surface area contributed by atoms with E-state index >= 15 is 0 Å². The quantitative estimate of drug-likeness (QED) is 0.329. The Hall–Kier alpha value is -3.52. The fourth-order valence-corrected chi connectivity index (χ4v) is 4.02. The molecule has 4 heterocycles.